The van der Waals surface area contributed by atoms with E-state index < -0.39 is 10.1 Å². The SMILES string of the molecule is CCCCCCCCCCCC(C)C1CCC(COS(C)(=O)=O)O1. The van der Waals surface area contributed by atoms with E-state index in [0.29, 0.717) is 5.92 Å². The first-order valence-corrected chi connectivity index (χ1v) is 11.7. The average molecular weight is 363 g/mol. The van der Waals surface area contributed by atoms with Crippen LogP contribution in [0.25, 0.3) is 0 Å². The fourth-order valence-electron chi connectivity index (χ4n) is 3.44. The third-order valence-electron chi connectivity index (χ3n) is 5.01. The molecule has 0 aliphatic carbocycles. The van der Waals surface area contributed by atoms with Gasteiger partial charge in [-0.05, 0) is 25.2 Å². The highest BCUT2D eigenvalue weighted by atomic mass is 32.2. The maximum Gasteiger partial charge on any atom is 0.264 e. The summed E-state index contributed by atoms with van der Waals surface area (Å²) in [6.45, 7) is 4.69. The summed E-state index contributed by atoms with van der Waals surface area (Å²) >= 11 is 0. The van der Waals surface area contributed by atoms with Crippen molar-refractivity contribution in [1.82, 2.24) is 0 Å². The largest absolute Gasteiger partial charge is 0.372 e. The molecule has 1 aliphatic heterocycles. The molecule has 5 heteroatoms. The van der Waals surface area contributed by atoms with Crippen LogP contribution < -0.4 is 0 Å². The molecule has 4 nitrogen and oxygen atoms in total. The molecule has 3 atom stereocenters. The van der Waals surface area contributed by atoms with Crippen molar-refractivity contribution < 1.29 is 17.3 Å². The second-order valence-corrected chi connectivity index (χ2v) is 9.10. The first-order valence-electron chi connectivity index (χ1n) is 9.92. The second kappa shape index (κ2) is 12.3. The van der Waals surface area contributed by atoms with Gasteiger partial charge < -0.3 is 4.74 Å². The molecular weight excluding hydrogens is 324 g/mol. The van der Waals surface area contributed by atoms with Crippen molar-refractivity contribution in [2.45, 2.75) is 103 Å². The third-order valence-corrected chi connectivity index (χ3v) is 5.57. The smallest absolute Gasteiger partial charge is 0.264 e. The molecule has 0 bridgehead atoms. The molecule has 1 rings (SSSR count). The van der Waals surface area contributed by atoms with Crippen molar-refractivity contribution in [2.24, 2.45) is 5.92 Å². The molecule has 0 radical (unpaired) electrons. The lowest BCUT2D eigenvalue weighted by molar-refractivity contribution is -0.00668. The lowest BCUT2D eigenvalue weighted by Gasteiger charge is -2.20. The molecule has 0 N–H and O–H groups in total. The Morgan fingerprint density at radius 3 is 2.17 bits per heavy atom. The van der Waals surface area contributed by atoms with Crippen LogP contribution >= 0.6 is 0 Å². The standard InChI is InChI=1S/C19H38O4S/c1-4-5-6-7-8-9-10-11-12-13-17(2)19-15-14-18(23-19)16-22-24(3,20)21/h17-19H,4-16H2,1-3H3. The maximum atomic E-state index is 11.0. The van der Waals surface area contributed by atoms with Gasteiger partial charge >= 0.3 is 0 Å². The van der Waals surface area contributed by atoms with Crippen LogP contribution in [0.2, 0.25) is 0 Å². The van der Waals surface area contributed by atoms with E-state index in [1.807, 2.05) is 0 Å². The average Bonchev–Trinajstić information content (AvgIpc) is 2.99. The molecule has 3 unspecified atom stereocenters. The molecule has 0 spiro atoms. The Morgan fingerprint density at radius 2 is 1.58 bits per heavy atom. The molecule has 144 valence electrons. The van der Waals surface area contributed by atoms with Gasteiger partial charge in [-0.1, -0.05) is 71.6 Å². The number of hydrogen-bond acceptors (Lipinski definition) is 4. The Balaban J connectivity index is 2.01. The molecule has 0 aromatic heterocycles. The van der Waals surface area contributed by atoms with E-state index in [2.05, 4.69) is 13.8 Å². The zero-order valence-electron chi connectivity index (χ0n) is 16.0. The molecule has 1 saturated heterocycles. The second-order valence-electron chi connectivity index (χ2n) is 7.46. The molecule has 1 heterocycles. The Hall–Kier alpha value is -0.130. The van der Waals surface area contributed by atoms with E-state index >= 15 is 0 Å². The van der Waals surface area contributed by atoms with Gasteiger partial charge in [0.1, 0.15) is 0 Å². The molecule has 0 aromatic carbocycles. The summed E-state index contributed by atoms with van der Waals surface area (Å²) in [4.78, 5) is 0. The van der Waals surface area contributed by atoms with Gasteiger partial charge in [-0.15, -0.1) is 0 Å². The van der Waals surface area contributed by atoms with E-state index in [0.717, 1.165) is 19.1 Å². The van der Waals surface area contributed by atoms with Crippen LogP contribution in [0.5, 0.6) is 0 Å². The first kappa shape index (κ1) is 21.9. The van der Waals surface area contributed by atoms with Crippen LogP contribution in [0.4, 0.5) is 0 Å². The van der Waals surface area contributed by atoms with E-state index in [1.165, 1.54) is 64.2 Å². The van der Waals surface area contributed by atoms with Gasteiger partial charge in [0.05, 0.1) is 25.1 Å². The monoisotopic (exact) mass is 362 g/mol. The molecule has 0 aromatic rings. The fourth-order valence-corrected chi connectivity index (χ4v) is 3.84. The van der Waals surface area contributed by atoms with Crippen LogP contribution in [0.1, 0.15) is 90.9 Å². The summed E-state index contributed by atoms with van der Waals surface area (Å²) in [5.74, 6) is 0.554. The zero-order chi connectivity index (χ0) is 17.8. The topological polar surface area (TPSA) is 52.6 Å². The Kier molecular flexibility index (Phi) is 11.2. The van der Waals surface area contributed by atoms with Gasteiger partial charge in [-0.2, -0.15) is 8.42 Å². The summed E-state index contributed by atoms with van der Waals surface area (Å²) in [7, 11) is -3.36. The summed E-state index contributed by atoms with van der Waals surface area (Å²) in [6.07, 6.45) is 16.7. The van der Waals surface area contributed by atoms with Crippen molar-refractivity contribution in [3.05, 3.63) is 0 Å². The molecule has 1 fully saturated rings. The van der Waals surface area contributed by atoms with E-state index in [1.54, 1.807) is 0 Å². The predicted molar refractivity (Wildman–Crippen MR) is 99.7 cm³/mol. The minimum absolute atomic E-state index is 0.0599. The number of ether oxygens (including phenoxy) is 1. The van der Waals surface area contributed by atoms with Crippen LogP contribution in [-0.4, -0.2) is 33.5 Å². The first-order chi connectivity index (χ1) is 11.4. The predicted octanol–water partition coefficient (Wildman–Crippen LogP) is 5.07. The van der Waals surface area contributed by atoms with Gasteiger partial charge in [-0.3, -0.25) is 4.18 Å². The molecule has 0 amide bonds. The molecule has 0 saturated carbocycles. The van der Waals surface area contributed by atoms with Crippen LogP contribution in [0.3, 0.4) is 0 Å². The third kappa shape index (κ3) is 10.7. The minimum Gasteiger partial charge on any atom is -0.372 e. The van der Waals surface area contributed by atoms with E-state index in [4.69, 9.17) is 8.92 Å². The normalized spacial score (nSPS) is 22.8. The lowest BCUT2D eigenvalue weighted by atomic mass is 9.95. The van der Waals surface area contributed by atoms with Gasteiger partial charge in [0.15, 0.2) is 0 Å². The minimum atomic E-state index is -3.36. The Morgan fingerprint density at radius 1 is 1.00 bits per heavy atom. The van der Waals surface area contributed by atoms with Gasteiger partial charge in [0, 0.05) is 0 Å². The van der Waals surface area contributed by atoms with Gasteiger partial charge in [0.25, 0.3) is 10.1 Å². The fraction of sp³-hybridized carbons (Fsp3) is 1.00. The molecule has 24 heavy (non-hydrogen) atoms. The van der Waals surface area contributed by atoms with Crippen molar-refractivity contribution in [1.29, 1.82) is 0 Å². The van der Waals surface area contributed by atoms with Crippen molar-refractivity contribution in [3.8, 4) is 0 Å². The van der Waals surface area contributed by atoms with Crippen LogP contribution in [-0.2, 0) is 19.0 Å². The Bertz CT molecular complexity index is 408. The van der Waals surface area contributed by atoms with Crippen molar-refractivity contribution in [2.75, 3.05) is 12.9 Å². The molecule has 1 aliphatic rings. The maximum absolute atomic E-state index is 11.0. The quantitative estimate of drug-likeness (QED) is 0.320. The Labute approximate surface area is 149 Å². The van der Waals surface area contributed by atoms with Crippen molar-refractivity contribution >= 4 is 10.1 Å². The summed E-state index contributed by atoms with van der Waals surface area (Å²) in [6, 6.07) is 0. The van der Waals surface area contributed by atoms with E-state index in [9.17, 15) is 8.42 Å². The van der Waals surface area contributed by atoms with Crippen LogP contribution in [0.15, 0.2) is 0 Å². The number of hydrogen-bond donors (Lipinski definition) is 0. The lowest BCUT2D eigenvalue weighted by Crippen LogP contribution is -2.22. The molecular formula is C19H38O4S. The van der Waals surface area contributed by atoms with Crippen molar-refractivity contribution in [3.63, 3.8) is 0 Å². The van der Waals surface area contributed by atoms with Gasteiger partial charge in [0.2, 0.25) is 0 Å². The highest BCUT2D eigenvalue weighted by Crippen LogP contribution is 2.28. The number of rotatable bonds is 14. The number of unbranched alkanes of at least 4 members (excludes halogenated alkanes) is 8. The summed E-state index contributed by atoms with van der Waals surface area (Å²) in [5.41, 5.74) is 0. The summed E-state index contributed by atoms with van der Waals surface area (Å²) < 4.78 is 32.9. The summed E-state index contributed by atoms with van der Waals surface area (Å²) in [5, 5.41) is 0. The highest BCUT2D eigenvalue weighted by molar-refractivity contribution is 7.85. The van der Waals surface area contributed by atoms with Gasteiger partial charge in [-0.25, -0.2) is 0 Å². The van der Waals surface area contributed by atoms with Crippen LogP contribution in [0, 0.1) is 5.92 Å². The highest BCUT2D eigenvalue weighted by Gasteiger charge is 2.29. The zero-order valence-corrected chi connectivity index (χ0v) is 16.8. The van der Waals surface area contributed by atoms with E-state index in [-0.39, 0.29) is 18.8 Å².